The maximum absolute atomic E-state index is 10.4. The fourth-order valence-electron chi connectivity index (χ4n) is 3.71. The summed E-state index contributed by atoms with van der Waals surface area (Å²) in [5.74, 6) is -0.435. The van der Waals surface area contributed by atoms with Gasteiger partial charge in [0.05, 0.1) is 13.7 Å². The average molecular weight is 464 g/mol. The van der Waals surface area contributed by atoms with Gasteiger partial charge in [0, 0.05) is 23.3 Å². The van der Waals surface area contributed by atoms with Crippen molar-refractivity contribution >= 4 is 5.76 Å². The third-order valence-corrected chi connectivity index (χ3v) is 5.50. The van der Waals surface area contributed by atoms with Crippen LogP contribution in [0.1, 0.15) is 5.56 Å². The first-order chi connectivity index (χ1) is 15.7. The lowest BCUT2D eigenvalue weighted by atomic mass is 9.96. The minimum Gasteiger partial charge on any atom is -0.508 e. The molecule has 178 valence electrons. The number of benzene rings is 1. The van der Waals surface area contributed by atoms with Crippen LogP contribution in [0.2, 0.25) is 0 Å². The standard InChI is InChI=1S/C22H24O11/c1-30-15-4-9(2-3-12(15)25)21-16(7-11-13(26)5-10(24)6-14(11)31-21)32-22-20(29)19(28)18(27)17(8-23)33-22/h2-7,14,17-20,22-29H,8H2,1H3. The van der Waals surface area contributed by atoms with Crippen LogP contribution in [0.25, 0.3) is 5.76 Å². The molecule has 1 fully saturated rings. The second kappa shape index (κ2) is 8.96. The van der Waals surface area contributed by atoms with E-state index in [9.17, 15) is 35.7 Å². The molecule has 2 heterocycles. The summed E-state index contributed by atoms with van der Waals surface area (Å²) in [7, 11) is 1.36. The van der Waals surface area contributed by atoms with Crippen LogP contribution in [0, 0.1) is 0 Å². The van der Waals surface area contributed by atoms with Gasteiger partial charge in [-0.1, -0.05) is 0 Å². The molecule has 11 heteroatoms. The molecule has 3 aliphatic rings. The van der Waals surface area contributed by atoms with E-state index in [-0.39, 0.29) is 40.1 Å². The number of phenols is 1. The molecule has 1 aromatic rings. The van der Waals surface area contributed by atoms with Gasteiger partial charge in [0.25, 0.3) is 0 Å². The molecule has 7 N–H and O–H groups in total. The fourth-order valence-corrected chi connectivity index (χ4v) is 3.71. The molecule has 0 radical (unpaired) electrons. The lowest BCUT2D eigenvalue weighted by Gasteiger charge is -2.40. The van der Waals surface area contributed by atoms with Gasteiger partial charge in [-0.15, -0.1) is 0 Å². The predicted molar refractivity (Wildman–Crippen MR) is 111 cm³/mol. The lowest BCUT2D eigenvalue weighted by molar-refractivity contribution is -0.290. The molecule has 1 aliphatic carbocycles. The number of hydrogen-bond donors (Lipinski definition) is 7. The molecule has 0 bridgehead atoms. The highest BCUT2D eigenvalue weighted by Crippen LogP contribution is 2.39. The molecular weight excluding hydrogens is 440 g/mol. The highest BCUT2D eigenvalue weighted by atomic mass is 16.7. The Balaban J connectivity index is 1.77. The van der Waals surface area contributed by atoms with Crippen LogP contribution in [0.4, 0.5) is 0 Å². The number of fused-ring (bicyclic) bond motifs is 1. The topological polar surface area (TPSA) is 179 Å². The highest BCUT2D eigenvalue weighted by molar-refractivity contribution is 5.70. The minimum atomic E-state index is -1.68. The normalized spacial score (nSPS) is 31.6. The number of aromatic hydroxyl groups is 1. The van der Waals surface area contributed by atoms with Gasteiger partial charge in [0.15, 0.2) is 23.0 Å². The minimum absolute atomic E-state index is 0.0342. The van der Waals surface area contributed by atoms with Crippen molar-refractivity contribution in [1.82, 2.24) is 0 Å². The molecule has 0 spiro atoms. The van der Waals surface area contributed by atoms with E-state index in [0.29, 0.717) is 5.56 Å². The zero-order valence-electron chi connectivity index (χ0n) is 17.4. The SMILES string of the molecule is COc1cc(C2=C(OC3OC(CO)C(O)C(O)C3O)C=C3C(O)=CC(O)=CC3O2)ccc1O. The van der Waals surface area contributed by atoms with Gasteiger partial charge in [-0.05, 0) is 24.3 Å². The van der Waals surface area contributed by atoms with Crippen LogP contribution in [0.15, 0.2) is 59.3 Å². The Hall–Kier alpha value is -3.22. The molecule has 6 unspecified atom stereocenters. The van der Waals surface area contributed by atoms with Crippen molar-refractivity contribution in [3.63, 3.8) is 0 Å². The van der Waals surface area contributed by atoms with E-state index >= 15 is 0 Å². The van der Waals surface area contributed by atoms with E-state index in [1.807, 2.05) is 0 Å². The number of allylic oxidation sites excluding steroid dienone is 2. The first-order valence-electron chi connectivity index (χ1n) is 10.0. The predicted octanol–water partition coefficient (Wildman–Crippen LogP) is 0.108. The maximum atomic E-state index is 10.4. The van der Waals surface area contributed by atoms with Crippen molar-refractivity contribution in [2.45, 2.75) is 36.8 Å². The third kappa shape index (κ3) is 4.24. The van der Waals surface area contributed by atoms with Crippen molar-refractivity contribution in [1.29, 1.82) is 0 Å². The zero-order chi connectivity index (χ0) is 23.9. The van der Waals surface area contributed by atoms with E-state index in [0.717, 1.165) is 6.08 Å². The number of phenolic OH excluding ortho intramolecular Hbond substituents is 1. The van der Waals surface area contributed by atoms with Crippen LogP contribution in [0.3, 0.4) is 0 Å². The molecule has 4 rings (SSSR count). The van der Waals surface area contributed by atoms with Crippen molar-refractivity contribution in [2.24, 2.45) is 0 Å². The summed E-state index contributed by atoms with van der Waals surface area (Å²) in [5.41, 5.74) is 0.614. The van der Waals surface area contributed by atoms with Crippen molar-refractivity contribution < 1.29 is 54.7 Å². The van der Waals surface area contributed by atoms with E-state index in [1.54, 1.807) is 0 Å². The number of hydrogen-bond acceptors (Lipinski definition) is 11. The number of aliphatic hydroxyl groups is 6. The first kappa shape index (κ1) is 23.0. The molecule has 2 aliphatic heterocycles. The van der Waals surface area contributed by atoms with Crippen LogP contribution >= 0.6 is 0 Å². The molecule has 0 aromatic heterocycles. The lowest BCUT2D eigenvalue weighted by Crippen LogP contribution is -2.59. The molecule has 1 saturated heterocycles. The molecule has 0 amide bonds. The Morgan fingerprint density at radius 3 is 2.45 bits per heavy atom. The summed E-state index contributed by atoms with van der Waals surface area (Å²) in [5, 5.41) is 69.9. The first-order valence-corrected chi connectivity index (χ1v) is 10.0. The second-order valence-electron chi connectivity index (χ2n) is 7.65. The second-order valence-corrected chi connectivity index (χ2v) is 7.65. The van der Waals surface area contributed by atoms with Crippen LogP contribution in [-0.4, -0.2) is 86.3 Å². The summed E-state index contributed by atoms with van der Waals surface area (Å²) < 4.78 is 22.3. The molecule has 6 atom stereocenters. The van der Waals surface area contributed by atoms with E-state index in [1.165, 1.54) is 37.5 Å². The average Bonchev–Trinajstić information content (AvgIpc) is 2.79. The summed E-state index contributed by atoms with van der Waals surface area (Å²) in [6.07, 6.45) is -4.62. The molecule has 11 nitrogen and oxygen atoms in total. The van der Waals surface area contributed by atoms with Gasteiger partial charge in [-0.3, -0.25) is 0 Å². The summed E-state index contributed by atoms with van der Waals surface area (Å²) in [6, 6.07) is 4.33. The van der Waals surface area contributed by atoms with Crippen molar-refractivity contribution in [3.05, 3.63) is 64.8 Å². The summed E-state index contributed by atoms with van der Waals surface area (Å²) in [6.45, 7) is -0.640. The smallest absolute Gasteiger partial charge is 0.229 e. The third-order valence-electron chi connectivity index (χ3n) is 5.50. The van der Waals surface area contributed by atoms with Gasteiger partial charge in [-0.25, -0.2) is 0 Å². The van der Waals surface area contributed by atoms with Gasteiger partial charge >= 0.3 is 0 Å². The van der Waals surface area contributed by atoms with Gasteiger partial charge in [0.1, 0.15) is 42.0 Å². The molecule has 0 saturated carbocycles. The fraction of sp³-hybridized carbons (Fsp3) is 0.364. The zero-order valence-corrected chi connectivity index (χ0v) is 17.4. The maximum Gasteiger partial charge on any atom is 0.229 e. The van der Waals surface area contributed by atoms with Crippen molar-refractivity contribution in [3.8, 4) is 11.5 Å². The van der Waals surface area contributed by atoms with Crippen LogP contribution < -0.4 is 4.74 Å². The number of rotatable bonds is 5. The Labute approximate surface area is 188 Å². The van der Waals surface area contributed by atoms with Gasteiger partial charge in [-0.2, -0.15) is 0 Å². The van der Waals surface area contributed by atoms with Crippen LogP contribution in [0.5, 0.6) is 11.5 Å². The van der Waals surface area contributed by atoms with E-state index in [2.05, 4.69) is 0 Å². The molecular formula is C22H24O11. The Morgan fingerprint density at radius 2 is 1.76 bits per heavy atom. The van der Waals surface area contributed by atoms with E-state index < -0.39 is 43.4 Å². The number of methoxy groups -OCH3 is 1. The Morgan fingerprint density at radius 1 is 1.00 bits per heavy atom. The largest absolute Gasteiger partial charge is 0.508 e. The monoisotopic (exact) mass is 464 g/mol. The van der Waals surface area contributed by atoms with Crippen molar-refractivity contribution in [2.75, 3.05) is 13.7 Å². The summed E-state index contributed by atoms with van der Waals surface area (Å²) in [4.78, 5) is 0. The number of ether oxygens (including phenoxy) is 4. The van der Waals surface area contributed by atoms with Gasteiger partial charge < -0.3 is 54.7 Å². The summed E-state index contributed by atoms with van der Waals surface area (Å²) >= 11 is 0. The number of aliphatic hydroxyl groups excluding tert-OH is 6. The highest BCUT2D eigenvalue weighted by Gasteiger charge is 2.45. The Bertz CT molecular complexity index is 1040. The quantitative estimate of drug-likeness (QED) is 0.314. The van der Waals surface area contributed by atoms with Gasteiger partial charge in [0.2, 0.25) is 6.29 Å². The van der Waals surface area contributed by atoms with E-state index in [4.69, 9.17) is 18.9 Å². The Kier molecular flexibility index (Phi) is 6.23. The van der Waals surface area contributed by atoms with Crippen LogP contribution in [-0.2, 0) is 14.2 Å². The molecule has 1 aromatic carbocycles. The molecule has 33 heavy (non-hydrogen) atoms.